The van der Waals surface area contributed by atoms with Gasteiger partial charge in [0.1, 0.15) is 11.4 Å². The van der Waals surface area contributed by atoms with E-state index in [0.29, 0.717) is 12.2 Å². The van der Waals surface area contributed by atoms with Crippen molar-refractivity contribution >= 4 is 11.6 Å². The third-order valence-corrected chi connectivity index (χ3v) is 5.13. The van der Waals surface area contributed by atoms with Crippen molar-refractivity contribution in [1.29, 1.82) is 0 Å². The van der Waals surface area contributed by atoms with Crippen molar-refractivity contribution < 1.29 is 4.79 Å². The van der Waals surface area contributed by atoms with Gasteiger partial charge in [-0.15, -0.1) is 0 Å². The van der Waals surface area contributed by atoms with Crippen molar-refractivity contribution in [3.05, 3.63) is 54.1 Å². The van der Waals surface area contributed by atoms with Gasteiger partial charge >= 0.3 is 0 Å². The van der Waals surface area contributed by atoms with Crippen LogP contribution >= 0.6 is 0 Å². The van der Waals surface area contributed by atoms with Crippen molar-refractivity contribution in [2.24, 2.45) is 7.05 Å². The average Bonchev–Trinajstić information content (AvgIpc) is 3.24. The van der Waals surface area contributed by atoms with Crippen molar-refractivity contribution in [1.82, 2.24) is 24.6 Å². The Bertz CT molecular complexity index is 943. The van der Waals surface area contributed by atoms with E-state index in [2.05, 4.69) is 27.0 Å². The van der Waals surface area contributed by atoms with E-state index in [-0.39, 0.29) is 5.91 Å². The second-order valence-electron chi connectivity index (χ2n) is 6.97. The fourth-order valence-electron chi connectivity index (χ4n) is 3.64. The van der Waals surface area contributed by atoms with E-state index >= 15 is 0 Å². The monoisotopic (exact) mass is 364 g/mol. The van der Waals surface area contributed by atoms with E-state index < -0.39 is 0 Å². The molecule has 4 heterocycles. The maximum atomic E-state index is 12.9. The van der Waals surface area contributed by atoms with Crippen LogP contribution in [-0.4, -0.2) is 56.7 Å². The summed E-state index contributed by atoms with van der Waals surface area (Å²) in [6.45, 7) is 5.27. The molecule has 3 aromatic heterocycles. The lowest BCUT2D eigenvalue weighted by Crippen LogP contribution is -2.35. The van der Waals surface area contributed by atoms with Crippen LogP contribution in [0.5, 0.6) is 0 Å². The topological polar surface area (TPSA) is 70.1 Å². The smallest absolute Gasteiger partial charge is 0.271 e. The van der Waals surface area contributed by atoms with Gasteiger partial charge in [0.15, 0.2) is 0 Å². The summed E-state index contributed by atoms with van der Waals surface area (Å²) in [5, 5.41) is 7.24. The summed E-state index contributed by atoms with van der Waals surface area (Å²) in [5.41, 5.74) is 4.68. The molecule has 0 unspecified atom stereocenters. The molecule has 0 spiro atoms. The van der Waals surface area contributed by atoms with E-state index in [9.17, 15) is 4.79 Å². The zero-order valence-electron chi connectivity index (χ0n) is 15.7. The van der Waals surface area contributed by atoms with Crippen molar-refractivity contribution in [2.45, 2.75) is 13.3 Å². The number of anilines is 1. The molecule has 1 aliphatic rings. The van der Waals surface area contributed by atoms with Gasteiger partial charge in [-0.05, 0) is 43.2 Å². The molecule has 3 aromatic rings. The number of carbonyl (C=O) groups is 1. The largest absolute Gasteiger partial charge is 0.369 e. The molecule has 1 aliphatic heterocycles. The molecule has 140 valence electrons. The Balaban J connectivity index is 1.47. The highest BCUT2D eigenvalue weighted by Crippen LogP contribution is 2.21. The van der Waals surface area contributed by atoms with Gasteiger partial charge in [-0.3, -0.25) is 14.9 Å². The number of nitrogens with zero attached hydrogens (tertiary/aromatic N) is 5. The Morgan fingerprint density at radius 3 is 2.85 bits per heavy atom. The normalized spacial score (nSPS) is 15.0. The lowest BCUT2D eigenvalue weighted by molar-refractivity contribution is 0.0761. The summed E-state index contributed by atoms with van der Waals surface area (Å²) in [5.74, 6) is 0.0104. The van der Waals surface area contributed by atoms with Gasteiger partial charge in [0.2, 0.25) is 0 Å². The number of hydrogen-bond acceptors (Lipinski definition) is 4. The summed E-state index contributed by atoms with van der Waals surface area (Å²) >= 11 is 0. The number of aromatic nitrogens is 4. The van der Waals surface area contributed by atoms with Crippen LogP contribution in [0.2, 0.25) is 0 Å². The zero-order chi connectivity index (χ0) is 18.8. The Hall–Kier alpha value is -3.09. The fraction of sp³-hybridized carbons (Fsp3) is 0.350. The Morgan fingerprint density at radius 2 is 2.07 bits per heavy atom. The maximum absolute atomic E-state index is 12.9. The lowest BCUT2D eigenvalue weighted by atomic mass is 10.2. The van der Waals surface area contributed by atoms with Crippen LogP contribution in [0.25, 0.3) is 11.4 Å². The molecule has 1 N–H and O–H groups in total. The van der Waals surface area contributed by atoms with Crippen molar-refractivity contribution in [3.8, 4) is 11.4 Å². The van der Waals surface area contributed by atoms with Crippen LogP contribution in [0.15, 0.2) is 42.9 Å². The van der Waals surface area contributed by atoms with E-state index in [4.69, 9.17) is 0 Å². The molecule has 4 rings (SSSR count). The Labute approximate surface area is 158 Å². The molecule has 7 heteroatoms. The lowest BCUT2D eigenvalue weighted by Gasteiger charge is -2.24. The maximum Gasteiger partial charge on any atom is 0.271 e. The highest BCUT2D eigenvalue weighted by Gasteiger charge is 2.23. The Morgan fingerprint density at radius 1 is 1.19 bits per heavy atom. The molecule has 0 radical (unpaired) electrons. The zero-order valence-corrected chi connectivity index (χ0v) is 15.7. The third-order valence-electron chi connectivity index (χ3n) is 5.13. The highest BCUT2D eigenvalue weighted by atomic mass is 16.2. The number of rotatable bonds is 3. The van der Waals surface area contributed by atoms with Gasteiger partial charge in [0.05, 0.1) is 5.69 Å². The van der Waals surface area contributed by atoms with Gasteiger partial charge < -0.3 is 14.4 Å². The molecule has 0 saturated carbocycles. The number of pyridine rings is 1. The van der Waals surface area contributed by atoms with Gasteiger partial charge in [-0.2, -0.15) is 5.10 Å². The van der Waals surface area contributed by atoms with Gasteiger partial charge in [-0.1, -0.05) is 0 Å². The summed E-state index contributed by atoms with van der Waals surface area (Å²) in [6, 6.07) is 7.85. The van der Waals surface area contributed by atoms with Crippen LogP contribution in [-0.2, 0) is 7.05 Å². The van der Waals surface area contributed by atoms with Crippen LogP contribution in [0.1, 0.15) is 22.5 Å². The predicted molar refractivity (Wildman–Crippen MR) is 105 cm³/mol. The number of carbonyl (C=O) groups excluding carboxylic acids is 1. The minimum absolute atomic E-state index is 0.0104. The molecule has 1 amide bonds. The molecular formula is C20H24N6O. The fourth-order valence-corrected chi connectivity index (χ4v) is 3.64. The highest BCUT2D eigenvalue weighted by molar-refractivity contribution is 5.93. The standard InChI is InChI=1S/C20H24N6O/c1-15-14-21-7-6-18(15)25-9-4-10-26(12-11-25)20(27)17-13-16(22-23-17)19-5-3-8-24(19)2/h3,5-8,13-14H,4,9-12H2,1-2H3,(H,22,23). The van der Waals surface area contributed by atoms with E-state index in [1.165, 1.54) is 5.69 Å². The SMILES string of the molecule is Cc1cnccc1N1CCCN(C(=O)c2cc(-c3cccn3C)n[nH]2)CC1. The number of amides is 1. The molecule has 7 nitrogen and oxygen atoms in total. The van der Waals surface area contributed by atoms with Crippen LogP contribution in [0.3, 0.4) is 0 Å². The molecular weight excluding hydrogens is 340 g/mol. The minimum Gasteiger partial charge on any atom is -0.369 e. The van der Waals surface area contributed by atoms with Gasteiger partial charge in [-0.25, -0.2) is 0 Å². The third kappa shape index (κ3) is 3.45. The number of nitrogens with one attached hydrogen (secondary N) is 1. The van der Waals surface area contributed by atoms with Crippen LogP contribution in [0.4, 0.5) is 5.69 Å². The number of hydrogen-bond donors (Lipinski definition) is 1. The van der Waals surface area contributed by atoms with E-state index in [0.717, 1.165) is 43.0 Å². The molecule has 1 saturated heterocycles. The molecule has 0 bridgehead atoms. The number of H-pyrrole nitrogens is 1. The predicted octanol–water partition coefficient (Wildman–Crippen LogP) is 2.47. The summed E-state index contributed by atoms with van der Waals surface area (Å²) in [7, 11) is 1.97. The van der Waals surface area contributed by atoms with Crippen LogP contribution in [0, 0.1) is 6.92 Å². The van der Waals surface area contributed by atoms with E-state index in [1.54, 1.807) is 0 Å². The summed E-state index contributed by atoms with van der Waals surface area (Å²) in [4.78, 5) is 21.4. The Kier molecular flexibility index (Phi) is 4.66. The first-order valence-corrected chi connectivity index (χ1v) is 9.25. The minimum atomic E-state index is 0.0104. The summed E-state index contributed by atoms with van der Waals surface area (Å²) < 4.78 is 1.99. The van der Waals surface area contributed by atoms with Gasteiger partial charge in [0, 0.05) is 57.5 Å². The summed E-state index contributed by atoms with van der Waals surface area (Å²) in [6.07, 6.45) is 6.62. The molecule has 1 fully saturated rings. The molecule has 0 aromatic carbocycles. The van der Waals surface area contributed by atoms with Crippen LogP contribution < -0.4 is 4.90 Å². The number of aryl methyl sites for hydroxylation is 2. The second-order valence-corrected chi connectivity index (χ2v) is 6.97. The molecule has 0 atom stereocenters. The van der Waals surface area contributed by atoms with Crippen molar-refractivity contribution in [2.75, 3.05) is 31.1 Å². The van der Waals surface area contributed by atoms with Gasteiger partial charge in [0.25, 0.3) is 5.91 Å². The number of aromatic amines is 1. The molecule has 0 aliphatic carbocycles. The quantitative estimate of drug-likeness (QED) is 0.775. The van der Waals surface area contributed by atoms with Crippen molar-refractivity contribution in [3.63, 3.8) is 0 Å². The average molecular weight is 364 g/mol. The first kappa shape index (κ1) is 17.3. The second kappa shape index (κ2) is 7.26. The van der Waals surface area contributed by atoms with E-state index in [1.807, 2.05) is 59.4 Å². The molecule has 27 heavy (non-hydrogen) atoms. The first-order chi connectivity index (χ1) is 13.1. The first-order valence-electron chi connectivity index (χ1n) is 9.25.